The number of carboxylic acids is 1. The summed E-state index contributed by atoms with van der Waals surface area (Å²) in [5.41, 5.74) is 0.575. The van der Waals surface area contributed by atoms with Crippen LogP contribution in [0.2, 0.25) is 0 Å². The van der Waals surface area contributed by atoms with Crippen molar-refractivity contribution < 1.29 is 14.3 Å². The predicted octanol–water partition coefficient (Wildman–Crippen LogP) is 1.93. The number of aromatic carboxylic acids is 1. The Labute approximate surface area is 68.2 Å². The van der Waals surface area contributed by atoms with Crippen molar-refractivity contribution in [2.75, 3.05) is 0 Å². The maximum absolute atomic E-state index is 10.5. The van der Waals surface area contributed by atoms with Crippen LogP contribution in [0.5, 0.6) is 0 Å². The van der Waals surface area contributed by atoms with Gasteiger partial charge in [0.25, 0.3) is 0 Å². The Morgan fingerprint density at radius 3 is 3.08 bits per heavy atom. The van der Waals surface area contributed by atoms with Crippen molar-refractivity contribution in [2.45, 2.75) is 0 Å². The fourth-order valence-corrected chi connectivity index (χ4v) is 1.03. The molecule has 1 heterocycles. The molecule has 0 amide bonds. The van der Waals surface area contributed by atoms with Gasteiger partial charge in [0.15, 0.2) is 0 Å². The van der Waals surface area contributed by atoms with Gasteiger partial charge in [-0.25, -0.2) is 4.79 Å². The van der Waals surface area contributed by atoms with Crippen LogP contribution in [0.4, 0.5) is 0 Å². The second-order valence-electron chi connectivity index (χ2n) is 2.38. The molecule has 0 aliphatic heterocycles. The lowest BCUT2D eigenvalue weighted by Gasteiger charge is -1.82. The molecule has 0 unspecified atom stereocenters. The van der Waals surface area contributed by atoms with Gasteiger partial charge < -0.3 is 9.52 Å². The molecule has 1 N–H and O–H groups in total. The zero-order valence-corrected chi connectivity index (χ0v) is 6.07. The van der Waals surface area contributed by atoms with E-state index in [1.54, 1.807) is 18.2 Å². The van der Waals surface area contributed by atoms with E-state index in [0.29, 0.717) is 5.58 Å². The summed E-state index contributed by atoms with van der Waals surface area (Å²) in [5, 5.41) is 9.34. The van der Waals surface area contributed by atoms with Crippen molar-refractivity contribution in [2.24, 2.45) is 0 Å². The monoisotopic (exact) mass is 161 g/mol. The van der Waals surface area contributed by atoms with Crippen LogP contribution in [0.15, 0.2) is 28.7 Å². The molecule has 0 fully saturated rings. The molecule has 1 radical (unpaired) electrons. The Bertz CT molecular complexity index is 395. The fourth-order valence-electron chi connectivity index (χ4n) is 1.03. The van der Waals surface area contributed by atoms with Crippen LogP contribution in [0, 0.1) is 6.07 Å². The molecule has 2 rings (SSSR count). The quantitative estimate of drug-likeness (QED) is 0.695. The first-order valence-electron chi connectivity index (χ1n) is 3.40. The van der Waals surface area contributed by atoms with Crippen molar-refractivity contribution in [3.05, 3.63) is 36.1 Å². The standard InChI is InChI=1S/C9H5O3/c10-9(11)8-5-6-3-1-2-4-7(6)12-8/h2-5H,(H,10,11). The number of furan rings is 1. The number of carboxylic acid groups (broad SMARTS) is 1. The molecule has 3 heteroatoms. The van der Waals surface area contributed by atoms with E-state index in [1.165, 1.54) is 6.07 Å². The minimum atomic E-state index is -1.05. The van der Waals surface area contributed by atoms with Crippen LogP contribution in [0.25, 0.3) is 11.0 Å². The smallest absolute Gasteiger partial charge is 0.371 e. The lowest BCUT2D eigenvalue weighted by molar-refractivity contribution is 0.0665. The first kappa shape index (κ1) is 6.91. The van der Waals surface area contributed by atoms with Crippen molar-refractivity contribution in [3.8, 4) is 0 Å². The zero-order valence-electron chi connectivity index (χ0n) is 6.07. The van der Waals surface area contributed by atoms with Crippen molar-refractivity contribution in [1.29, 1.82) is 0 Å². The Morgan fingerprint density at radius 2 is 2.42 bits per heavy atom. The molecule has 0 saturated carbocycles. The summed E-state index contributed by atoms with van der Waals surface area (Å²) >= 11 is 0. The summed E-state index contributed by atoms with van der Waals surface area (Å²) in [5.74, 6) is -1.09. The van der Waals surface area contributed by atoms with E-state index in [-0.39, 0.29) is 5.76 Å². The highest BCUT2D eigenvalue weighted by Gasteiger charge is 2.08. The molecule has 0 saturated heterocycles. The third-order valence-electron chi connectivity index (χ3n) is 1.57. The number of carbonyl (C=O) groups is 1. The number of rotatable bonds is 1. The summed E-state index contributed by atoms with van der Waals surface area (Å²) < 4.78 is 5.01. The molecule has 1 aromatic carbocycles. The van der Waals surface area contributed by atoms with Gasteiger partial charge in [-0.15, -0.1) is 0 Å². The molecular formula is C9H5O3. The highest BCUT2D eigenvalue weighted by molar-refractivity contribution is 5.91. The van der Waals surface area contributed by atoms with E-state index in [9.17, 15) is 4.79 Å². The van der Waals surface area contributed by atoms with E-state index < -0.39 is 5.97 Å². The van der Waals surface area contributed by atoms with Gasteiger partial charge in [-0.2, -0.15) is 0 Å². The Kier molecular flexibility index (Phi) is 1.37. The number of benzene rings is 1. The highest BCUT2D eigenvalue weighted by atomic mass is 16.4. The van der Waals surface area contributed by atoms with Gasteiger partial charge in [0, 0.05) is 5.39 Å². The van der Waals surface area contributed by atoms with Crippen LogP contribution in [0.1, 0.15) is 10.6 Å². The Morgan fingerprint density at radius 1 is 1.58 bits per heavy atom. The molecule has 0 aliphatic rings. The minimum Gasteiger partial charge on any atom is -0.475 e. The zero-order chi connectivity index (χ0) is 8.55. The lowest BCUT2D eigenvalue weighted by atomic mass is 10.2. The van der Waals surface area contributed by atoms with Gasteiger partial charge in [-0.05, 0) is 24.3 Å². The van der Waals surface area contributed by atoms with Crippen LogP contribution in [0.3, 0.4) is 0 Å². The summed E-state index contributed by atoms with van der Waals surface area (Å²) in [6.07, 6.45) is 0. The van der Waals surface area contributed by atoms with Gasteiger partial charge in [-0.1, -0.05) is 6.07 Å². The fraction of sp³-hybridized carbons (Fsp3) is 0. The Hall–Kier alpha value is -1.77. The van der Waals surface area contributed by atoms with Gasteiger partial charge in [0.05, 0.1) is 0 Å². The molecule has 1 aromatic heterocycles. The number of hydrogen-bond donors (Lipinski definition) is 1. The molecule has 59 valence electrons. The summed E-state index contributed by atoms with van der Waals surface area (Å²) in [6, 6.07) is 9.36. The van der Waals surface area contributed by atoms with Gasteiger partial charge >= 0.3 is 5.97 Å². The molecule has 0 spiro atoms. The first-order valence-corrected chi connectivity index (χ1v) is 3.40. The van der Waals surface area contributed by atoms with Gasteiger partial charge in [-0.3, -0.25) is 0 Å². The molecule has 0 aliphatic carbocycles. The summed E-state index contributed by atoms with van der Waals surface area (Å²) in [6.45, 7) is 0. The van der Waals surface area contributed by atoms with Crippen LogP contribution >= 0.6 is 0 Å². The van der Waals surface area contributed by atoms with E-state index >= 15 is 0 Å². The lowest BCUT2D eigenvalue weighted by Crippen LogP contribution is -1.91. The van der Waals surface area contributed by atoms with Crippen molar-refractivity contribution >= 4 is 16.9 Å². The van der Waals surface area contributed by atoms with E-state index in [0.717, 1.165) is 5.39 Å². The summed E-state index contributed by atoms with van der Waals surface area (Å²) in [4.78, 5) is 10.5. The van der Waals surface area contributed by atoms with Gasteiger partial charge in [0.2, 0.25) is 5.76 Å². The normalized spacial score (nSPS) is 10.3. The predicted molar refractivity (Wildman–Crippen MR) is 42.0 cm³/mol. The second kappa shape index (κ2) is 2.37. The maximum atomic E-state index is 10.5. The summed E-state index contributed by atoms with van der Waals surface area (Å²) in [7, 11) is 0. The van der Waals surface area contributed by atoms with Crippen molar-refractivity contribution in [1.82, 2.24) is 0 Å². The van der Waals surface area contributed by atoms with Crippen LogP contribution in [-0.2, 0) is 0 Å². The molecular weight excluding hydrogens is 156 g/mol. The van der Waals surface area contributed by atoms with Gasteiger partial charge in [0.1, 0.15) is 5.58 Å². The maximum Gasteiger partial charge on any atom is 0.371 e. The number of hydrogen-bond acceptors (Lipinski definition) is 2. The number of fused-ring (bicyclic) bond motifs is 1. The third-order valence-corrected chi connectivity index (χ3v) is 1.57. The SMILES string of the molecule is O=C(O)c1cc2c[c]ccc2o1. The highest BCUT2D eigenvalue weighted by Crippen LogP contribution is 2.17. The average molecular weight is 161 g/mol. The topological polar surface area (TPSA) is 50.4 Å². The molecule has 0 atom stereocenters. The first-order chi connectivity index (χ1) is 5.77. The molecule has 12 heavy (non-hydrogen) atoms. The second-order valence-corrected chi connectivity index (χ2v) is 2.38. The van der Waals surface area contributed by atoms with Crippen LogP contribution < -0.4 is 0 Å². The third kappa shape index (κ3) is 0.955. The van der Waals surface area contributed by atoms with E-state index in [4.69, 9.17) is 9.52 Å². The molecule has 0 bridgehead atoms. The van der Waals surface area contributed by atoms with E-state index in [2.05, 4.69) is 6.07 Å². The van der Waals surface area contributed by atoms with E-state index in [1.807, 2.05) is 0 Å². The molecule has 2 aromatic rings. The van der Waals surface area contributed by atoms with Crippen molar-refractivity contribution in [3.63, 3.8) is 0 Å². The Balaban J connectivity index is 2.70. The largest absolute Gasteiger partial charge is 0.475 e. The molecule has 3 nitrogen and oxygen atoms in total. The average Bonchev–Trinajstić information content (AvgIpc) is 2.46. The van der Waals surface area contributed by atoms with Crippen LogP contribution in [-0.4, -0.2) is 11.1 Å². The minimum absolute atomic E-state index is 0.0374.